The van der Waals surface area contributed by atoms with E-state index in [0.29, 0.717) is 11.0 Å². The van der Waals surface area contributed by atoms with E-state index in [1.807, 2.05) is 55.6 Å². The molecule has 0 radical (unpaired) electrons. The molecule has 0 saturated carbocycles. The van der Waals surface area contributed by atoms with Crippen molar-refractivity contribution in [3.05, 3.63) is 60.8 Å². The molecule has 0 bridgehead atoms. The molecule has 1 aliphatic heterocycles. The molecule has 0 spiro atoms. The van der Waals surface area contributed by atoms with Gasteiger partial charge in [-0.2, -0.15) is 5.10 Å². The molecule has 3 aromatic heterocycles. The maximum absolute atomic E-state index is 5.85. The number of thiocarbonyl (C=S) groups is 1. The van der Waals surface area contributed by atoms with E-state index in [-0.39, 0.29) is 6.04 Å². The lowest BCUT2D eigenvalue weighted by Gasteiger charge is -2.44. The Morgan fingerprint density at radius 1 is 1.03 bits per heavy atom. The summed E-state index contributed by atoms with van der Waals surface area (Å²) < 4.78 is 1.77. The molecule has 1 aliphatic rings. The number of piperazine rings is 1. The number of hydrogen-bond donors (Lipinski definition) is 1. The SMILES string of the molecule is CC(C)C1CN(c2ccc(-c3ccccc3)nn2)CCN1C(=S)Nc1nn(C)c2ncccc12. The molecule has 0 amide bonds. The third-order valence-electron chi connectivity index (χ3n) is 6.32. The van der Waals surface area contributed by atoms with E-state index < -0.39 is 0 Å². The number of nitrogens with zero attached hydrogens (tertiary/aromatic N) is 7. The van der Waals surface area contributed by atoms with Crippen LogP contribution >= 0.6 is 12.2 Å². The van der Waals surface area contributed by atoms with E-state index in [1.54, 1.807) is 10.9 Å². The molecule has 1 aromatic carbocycles. The first-order valence-corrected chi connectivity index (χ1v) is 11.9. The summed E-state index contributed by atoms with van der Waals surface area (Å²) in [5, 5.41) is 18.6. The van der Waals surface area contributed by atoms with Gasteiger partial charge in [-0.3, -0.25) is 0 Å². The summed E-state index contributed by atoms with van der Waals surface area (Å²) in [5.41, 5.74) is 2.78. The van der Waals surface area contributed by atoms with E-state index >= 15 is 0 Å². The van der Waals surface area contributed by atoms with Crippen molar-refractivity contribution in [2.75, 3.05) is 29.9 Å². The lowest BCUT2D eigenvalue weighted by molar-refractivity contribution is 0.227. The second-order valence-corrected chi connectivity index (χ2v) is 9.26. The van der Waals surface area contributed by atoms with Crippen LogP contribution in [-0.2, 0) is 7.05 Å². The molecule has 4 aromatic rings. The first kappa shape index (κ1) is 22.2. The topological polar surface area (TPSA) is 75.0 Å². The third kappa shape index (κ3) is 4.31. The summed E-state index contributed by atoms with van der Waals surface area (Å²) in [7, 11) is 1.89. The third-order valence-corrected chi connectivity index (χ3v) is 6.65. The second kappa shape index (κ2) is 9.34. The van der Waals surface area contributed by atoms with Gasteiger partial charge in [0.15, 0.2) is 22.4 Å². The number of rotatable bonds is 4. The van der Waals surface area contributed by atoms with E-state index in [9.17, 15) is 0 Å². The van der Waals surface area contributed by atoms with Gasteiger partial charge in [0.2, 0.25) is 0 Å². The predicted octanol–water partition coefficient (Wildman–Crippen LogP) is 3.97. The molecule has 9 heteroatoms. The van der Waals surface area contributed by atoms with Crippen molar-refractivity contribution < 1.29 is 0 Å². The van der Waals surface area contributed by atoms with Crippen molar-refractivity contribution >= 4 is 40.0 Å². The second-order valence-electron chi connectivity index (χ2n) is 8.87. The highest BCUT2D eigenvalue weighted by atomic mass is 32.1. The maximum atomic E-state index is 5.85. The number of aryl methyl sites for hydroxylation is 1. The largest absolute Gasteiger partial charge is 0.351 e. The summed E-state index contributed by atoms with van der Waals surface area (Å²) in [5.74, 6) is 2.04. The molecule has 1 N–H and O–H groups in total. The Balaban J connectivity index is 1.31. The normalized spacial score (nSPS) is 16.3. The summed E-state index contributed by atoms with van der Waals surface area (Å²) in [6, 6.07) is 18.4. The molecule has 1 atom stereocenters. The van der Waals surface area contributed by atoms with Crippen LogP contribution in [0.3, 0.4) is 0 Å². The van der Waals surface area contributed by atoms with Gasteiger partial charge in [0.25, 0.3) is 0 Å². The minimum absolute atomic E-state index is 0.234. The van der Waals surface area contributed by atoms with Crippen LogP contribution in [0.5, 0.6) is 0 Å². The highest BCUT2D eigenvalue weighted by Crippen LogP contribution is 2.25. The van der Waals surface area contributed by atoms with Crippen LogP contribution < -0.4 is 10.2 Å². The Labute approximate surface area is 204 Å². The van der Waals surface area contributed by atoms with Crippen molar-refractivity contribution in [2.24, 2.45) is 13.0 Å². The first-order valence-electron chi connectivity index (χ1n) is 11.5. The molecule has 174 valence electrons. The summed E-state index contributed by atoms with van der Waals surface area (Å²) in [4.78, 5) is 8.99. The Morgan fingerprint density at radius 2 is 1.85 bits per heavy atom. The summed E-state index contributed by atoms with van der Waals surface area (Å²) >= 11 is 5.85. The van der Waals surface area contributed by atoms with Crippen LogP contribution in [0.4, 0.5) is 11.6 Å². The number of aromatic nitrogens is 5. The Morgan fingerprint density at radius 3 is 2.59 bits per heavy atom. The van der Waals surface area contributed by atoms with Crippen molar-refractivity contribution in [3.63, 3.8) is 0 Å². The van der Waals surface area contributed by atoms with Crippen LogP contribution in [0, 0.1) is 5.92 Å². The average molecular weight is 473 g/mol. The molecule has 1 fully saturated rings. The molecule has 34 heavy (non-hydrogen) atoms. The number of benzene rings is 1. The number of nitrogens with one attached hydrogen (secondary N) is 1. The smallest absolute Gasteiger partial charge is 0.175 e. The molecular formula is C25H28N8S. The van der Waals surface area contributed by atoms with Gasteiger partial charge in [-0.1, -0.05) is 44.2 Å². The van der Waals surface area contributed by atoms with Crippen LogP contribution in [-0.4, -0.2) is 60.7 Å². The molecule has 0 aliphatic carbocycles. The van der Waals surface area contributed by atoms with Gasteiger partial charge < -0.3 is 15.1 Å². The van der Waals surface area contributed by atoms with E-state index in [1.165, 1.54) is 0 Å². The fraction of sp³-hybridized carbons (Fsp3) is 0.320. The van der Waals surface area contributed by atoms with Crippen molar-refractivity contribution in [1.29, 1.82) is 0 Å². The molecule has 4 heterocycles. The molecule has 5 rings (SSSR count). The standard InChI is InChI=1S/C25H28N8S/c1-17(2)21-16-32(22-12-11-20(28-29-22)18-8-5-4-6-9-18)14-15-33(21)25(34)27-23-19-10-7-13-26-24(19)31(3)30-23/h4-13,17,21H,14-16H2,1-3H3,(H,27,30,34). The minimum atomic E-state index is 0.234. The Kier molecular flexibility index (Phi) is 6.10. The van der Waals surface area contributed by atoms with E-state index in [0.717, 1.165) is 53.6 Å². The number of anilines is 2. The molecular weight excluding hydrogens is 444 g/mol. The molecule has 1 saturated heterocycles. The van der Waals surface area contributed by atoms with Crippen LogP contribution in [0.15, 0.2) is 60.8 Å². The quantitative estimate of drug-likeness (QED) is 0.447. The van der Waals surface area contributed by atoms with Gasteiger partial charge in [-0.15, -0.1) is 10.2 Å². The zero-order valence-electron chi connectivity index (χ0n) is 19.6. The highest BCUT2D eigenvalue weighted by molar-refractivity contribution is 7.80. The zero-order valence-corrected chi connectivity index (χ0v) is 20.4. The van der Waals surface area contributed by atoms with Gasteiger partial charge >= 0.3 is 0 Å². The Bertz CT molecular complexity index is 1290. The zero-order chi connectivity index (χ0) is 23.7. The maximum Gasteiger partial charge on any atom is 0.175 e. The van der Waals surface area contributed by atoms with Crippen LogP contribution in [0.1, 0.15) is 13.8 Å². The van der Waals surface area contributed by atoms with Gasteiger partial charge in [0, 0.05) is 38.4 Å². The van der Waals surface area contributed by atoms with Gasteiger partial charge in [0.1, 0.15) is 0 Å². The summed E-state index contributed by atoms with van der Waals surface area (Å²) in [6.45, 7) is 6.89. The number of fused-ring (bicyclic) bond motifs is 1. The number of pyridine rings is 1. The van der Waals surface area contributed by atoms with Crippen molar-refractivity contribution in [3.8, 4) is 11.3 Å². The highest BCUT2D eigenvalue weighted by Gasteiger charge is 2.32. The lowest BCUT2D eigenvalue weighted by Crippen LogP contribution is -2.58. The fourth-order valence-electron chi connectivity index (χ4n) is 4.45. The van der Waals surface area contributed by atoms with E-state index in [4.69, 9.17) is 12.2 Å². The van der Waals surface area contributed by atoms with Crippen molar-refractivity contribution in [1.82, 2.24) is 29.9 Å². The minimum Gasteiger partial charge on any atom is -0.351 e. The van der Waals surface area contributed by atoms with Crippen LogP contribution in [0.25, 0.3) is 22.3 Å². The first-order chi connectivity index (χ1) is 16.5. The Hall–Kier alpha value is -3.59. The van der Waals surface area contributed by atoms with E-state index in [2.05, 4.69) is 55.3 Å². The average Bonchev–Trinajstić information content (AvgIpc) is 3.19. The van der Waals surface area contributed by atoms with Gasteiger partial charge in [0.05, 0.1) is 17.1 Å². The monoisotopic (exact) mass is 472 g/mol. The molecule has 8 nitrogen and oxygen atoms in total. The molecule has 1 unspecified atom stereocenters. The van der Waals surface area contributed by atoms with Gasteiger partial charge in [-0.25, -0.2) is 9.67 Å². The van der Waals surface area contributed by atoms with Gasteiger partial charge in [-0.05, 0) is 42.4 Å². The lowest BCUT2D eigenvalue weighted by atomic mass is 10.00. The number of hydrogen-bond acceptors (Lipinski definition) is 6. The summed E-state index contributed by atoms with van der Waals surface area (Å²) in [6.07, 6.45) is 1.77. The predicted molar refractivity (Wildman–Crippen MR) is 140 cm³/mol. The van der Waals surface area contributed by atoms with Crippen LogP contribution in [0.2, 0.25) is 0 Å². The fourth-order valence-corrected chi connectivity index (χ4v) is 4.78. The van der Waals surface area contributed by atoms with Crippen molar-refractivity contribution in [2.45, 2.75) is 19.9 Å².